The van der Waals surface area contributed by atoms with E-state index in [1.807, 2.05) is 25.1 Å². The predicted molar refractivity (Wildman–Crippen MR) is 112 cm³/mol. The summed E-state index contributed by atoms with van der Waals surface area (Å²) in [7, 11) is 0. The van der Waals surface area contributed by atoms with Crippen LogP contribution in [0.2, 0.25) is 0 Å². The average molecular weight is 382 g/mol. The lowest BCUT2D eigenvalue weighted by atomic mass is 9.92. The van der Waals surface area contributed by atoms with Crippen molar-refractivity contribution in [2.45, 2.75) is 58.5 Å². The van der Waals surface area contributed by atoms with Gasteiger partial charge < -0.3 is 14.8 Å². The molecule has 2 aromatic carbocycles. The van der Waals surface area contributed by atoms with Crippen LogP contribution in [0.3, 0.4) is 0 Å². The first-order chi connectivity index (χ1) is 13.7. The molecule has 0 saturated heterocycles. The number of hydrogen-bond acceptors (Lipinski definition) is 3. The van der Waals surface area contributed by atoms with Crippen molar-refractivity contribution >= 4 is 5.91 Å². The lowest BCUT2D eigenvalue weighted by Crippen LogP contribution is -2.39. The summed E-state index contributed by atoms with van der Waals surface area (Å²) in [6.45, 7) is 4.99. The number of carbonyl (C=O) groups is 1. The van der Waals surface area contributed by atoms with Gasteiger partial charge in [-0.05, 0) is 79.5 Å². The van der Waals surface area contributed by atoms with Gasteiger partial charge in [0.1, 0.15) is 18.1 Å². The van der Waals surface area contributed by atoms with E-state index in [1.54, 1.807) is 0 Å². The molecular formula is C24H31NO3. The summed E-state index contributed by atoms with van der Waals surface area (Å²) in [6.07, 6.45) is 5.90. The normalized spacial score (nSPS) is 14.1. The molecule has 28 heavy (non-hydrogen) atoms. The summed E-state index contributed by atoms with van der Waals surface area (Å²) in [4.78, 5) is 12.5. The Morgan fingerprint density at radius 2 is 1.71 bits per heavy atom. The minimum Gasteiger partial charge on any atom is -0.492 e. The van der Waals surface area contributed by atoms with Gasteiger partial charge in [-0.15, -0.1) is 0 Å². The first-order valence-corrected chi connectivity index (χ1v) is 10.5. The minimum absolute atomic E-state index is 0.0925. The maximum atomic E-state index is 12.5. The fourth-order valence-corrected chi connectivity index (χ4v) is 3.55. The number of aryl methyl sites for hydroxylation is 3. The molecular weight excluding hydrogens is 350 g/mol. The molecule has 4 heteroatoms. The number of benzene rings is 2. The van der Waals surface area contributed by atoms with E-state index in [4.69, 9.17) is 9.47 Å². The number of fused-ring (bicyclic) bond motifs is 1. The summed E-state index contributed by atoms with van der Waals surface area (Å²) >= 11 is 0. The molecule has 0 fully saturated rings. The van der Waals surface area contributed by atoms with Gasteiger partial charge in [0.05, 0.1) is 6.54 Å². The number of nitrogens with one attached hydrogen (secondary N) is 1. The van der Waals surface area contributed by atoms with Crippen LogP contribution in [0.4, 0.5) is 0 Å². The molecule has 3 rings (SSSR count). The maximum absolute atomic E-state index is 12.5. The van der Waals surface area contributed by atoms with E-state index < -0.39 is 6.10 Å². The molecule has 150 valence electrons. The molecule has 0 aliphatic heterocycles. The van der Waals surface area contributed by atoms with Crippen LogP contribution in [0, 0.1) is 0 Å². The van der Waals surface area contributed by atoms with Crippen LogP contribution in [0.15, 0.2) is 42.5 Å². The van der Waals surface area contributed by atoms with E-state index in [9.17, 15) is 4.79 Å². The number of hydrogen-bond donors (Lipinski definition) is 1. The van der Waals surface area contributed by atoms with Gasteiger partial charge in [0.15, 0.2) is 6.10 Å². The van der Waals surface area contributed by atoms with Crippen molar-refractivity contribution in [2.24, 2.45) is 0 Å². The molecule has 0 spiro atoms. The Balaban J connectivity index is 1.45. The van der Waals surface area contributed by atoms with Crippen molar-refractivity contribution in [1.82, 2.24) is 5.32 Å². The third-order valence-corrected chi connectivity index (χ3v) is 5.26. The standard InChI is InChI=1S/C24H31NO3/c1-3-18-9-12-21(13-10-18)27-16-15-25-24(26)23(4-2)28-22-14-11-19-7-5-6-8-20(19)17-22/h9-14,17,23H,3-8,15-16H2,1-2H3,(H,25,26)/t23-/m0/s1. The summed E-state index contributed by atoms with van der Waals surface area (Å²) < 4.78 is 11.7. The van der Waals surface area contributed by atoms with Crippen LogP contribution in [0.5, 0.6) is 11.5 Å². The predicted octanol–water partition coefficient (Wildman–Crippen LogP) is 4.48. The average Bonchev–Trinajstić information content (AvgIpc) is 2.75. The van der Waals surface area contributed by atoms with E-state index in [-0.39, 0.29) is 5.91 Å². The lowest BCUT2D eigenvalue weighted by Gasteiger charge is -2.20. The molecule has 1 atom stereocenters. The highest BCUT2D eigenvalue weighted by Gasteiger charge is 2.19. The third-order valence-electron chi connectivity index (χ3n) is 5.26. The van der Waals surface area contributed by atoms with E-state index in [0.717, 1.165) is 30.8 Å². The largest absolute Gasteiger partial charge is 0.492 e. The van der Waals surface area contributed by atoms with Gasteiger partial charge in [0.25, 0.3) is 5.91 Å². The number of rotatable bonds is 9. The second-order valence-electron chi connectivity index (χ2n) is 7.29. The molecule has 1 aliphatic rings. The Morgan fingerprint density at radius 3 is 2.43 bits per heavy atom. The van der Waals surface area contributed by atoms with Crippen molar-refractivity contribution < 1.29 is 14.3 Å². The van der Waals surface area contributed by atoms with Crippen LogP contribution >= 0.6 is 0 Å². The first-order valence-electron chi connectivity index (χ1n) is 10.5. The van der Waals surface area contributed by atoms with Crippen LogP contribution in [-0.2, 0) is 24.1 Å². The maximum Gasteiger partial charge on any atom is 0.261 e. The van der Waals surface area contributed by atoms with E-state index in [0.29, 0.717) is 19.6 Å². The van der Waals surface area contributed by atoms with Gasteiger partial charge in [-0.2, -0.15) is 0 Å². The number of ether oxygens (including phenoxy) is 2. The molecule has 1 amide bonds. The molecule has 0 unspecified atom stereocenters. The zero-order chi connectivity index (χ0) is 19.8. The smallest absolute Gasteiger partial charge is 0.261 e. The fraction of sp³-hybridized carbons (Fsp3) is 0.458. The van der Waals surface area contributed by atoms with Gasteiger partial charge in [-0.3, -0.25) is 4.79 Å². The monoisotopic (exact) mass is 381 g/mol. The molecule has 2 aromatic rings. The minimum atomic E-state index is -0.481. The van der Waals surface area contributed by atoms with Crippen LogP contribution < -0.4 is 14.8 Å². The van der Waals surface area contributed by atoms with Gasteiger partial charge in [0.2, 0.25) is 0 Å². The Kier molecular flexibility index (Phi) is 7.35. The van der Waals surface area contributed by atoms with Crippen LogP contribution in [0.1, 0.15) is 49.8 Å². The van der Waals surface area contributed by atoms with Crippen molar-refractivity contribution in [3.63, 3.8) is 0 Å². The second-order valence-corrected chi connectivity index (χ2v) is 7.29. The molecule has 0 aromatic heterocycles. The fourth-order valence-electron chi connectivity index (χ4n) is 3.55. The van der Waals surface area contributed by atoms with Crippen molar-refractivity contribution in [3.8, 4) is 11.5 Å². The van der Waals surface area contributed by atoms with Gasteiger partial charge in [-0.25, -0.2) is 0 Å². The molecule has 4 nitrogen and oxygen atoms in total. The van der Waals surface area contributed by atoms with Gasteiger partial charge >= 0.3 is 0 Å². The van der Waals surface area contributed by atoms with Crippen molar-refractivity contribution in [3.05, 3.63) is 59.2 Å². The second kappa shape index (κ2) is 10.2. The molecule has 0 radical (unpaired) electrons. The molecule has 0 bridgehead atoms. The van der Waals surface area contributed by atoms with E-state index >= 15 is 0 Å². The van der Waals surface area contributed by atoms with Crippen LogP contribution in [-0.4, -0.2) is 25.2 Å². The highest BCUT2D eigenvalue weighted by Crippen LogP contribution is 2.26. The molecule has 1 aliphatic carbocycles. The Bertz CT molecular complexity index is 770. The lowest BCUT2D eigenvalue weighted by molar-refractivity contribution is -0.128. The zero-order valence-corrected chi connectivity index (χ0v) is 17.0. The van der Waals surface area contributed by atoms with Crippen molar-refractivity contribution in [2.75, 3.05) is 13.2 Å². The summed E-state index contributed by atoms with van der Waals surface area (Å²) in [5.74, 6) is 1.52. The molecule has 0 saturated carbocycles. The van der Waals surface area contributed by atoms with E-state index in [1.165, 1.54) is 29.5 Å². The van der Waals surface area contributed by atoms with E-state index in [2.05, 4.69) is 36.5 Å². The first kappa shape index (κ1) is 20.2. The number of carbonyl (C=O) groups excluding carboxylic acids is 1. The van der Waals surface area contributed by atoms with Crippen LogP contribution in [0.25, 0.3) is 0 Å². The Morgan fingerprint density at radius 1 is 1.00 bits per heavy atom. The van der Waals surface area contributed by atoms with Crippen molar-refractivity contribution in [1.29, 1.82) is 0 Å². The summed E-state index contributed by atoms with van der Waals surface area (Å²) in [5.41, 5.74) is 4.06. The Labute approximate surface area is 168 Å². The third kappa shape index (κ3) is 5.51. The quantitative estimate of drug-likeness (QED) is 0.652. The Hall–Kier alpha value is -2.49. The SMILES string of the molecule is CCc1ccc(OCCNC(=O)[C@H](CC)Oc2ccc3c(c2)CCCC3)cc1. The number of amides is 1. The van der Waals surface area contributed by atoms with Gasteiger partial charge in [0, 0.05) is 0 Å². The van der Waals surface area contributed by atoms with Gasteiger partial charge in [-0.1, -0.05) is 32.0 Å². The molecule has 1 N–H and O–H groups in total. The topological polar surface area (TPSA) is 47.6 Å². The highest BCUT2D eigenvalue weighted by molar-refractivity contribution is 5.81. The summed E-state index contributed by atoms with van der Waals surface area (Å²) in [6, 6.07) is 14.3. The highest BCUT2D eigenvalue weighted by atomic mass is 16.5. The summed E-state index contributed by atoms with van der Waals surface area (Å²) in [5, 5.41) is 2.92. The zero-order valence-electron chi connectivity index (χ0n) is 17.0. The molecule has 0 heterocycles.